The molecule has 4 heteroatoms. The van der Waals surface area contributed by atoms with Crippen molar-refractivity contribution in [2.45, 2.75) is 13.0 Å². The Bertz CT molecular complexity index is 291. The van der Waals surface area contributed by atoms with Gasteiger partial charge in [0.2, 0.25) is 0 Å². The molecule has 0 spiro atoms. The molecule has 1 rings (SSSR count). The van der Waals surface area contributed by atoms with Gasteiger partial charge in [0.05, 0.1) is 6.61 Å². The maximum atomic E-state index is 8.76. The van der Waals surface area contributed by atoms with Crippen LogP contribution in [0.3, 0.4) is 0 Å². The van der Waals surface area contributed by atoms with E-state index in [0.29, 0.717) is 16.2 Å². The maximum absolute atomic E-state index is 8.76. The van der Waals surface area contributed by atoms with Crippen molar-refractivity contribution in [1.29, 1.82) is 0 Å². The molecule has 1 atom stereocenters. The number of ether oxygens (including phenoxy) is 1. The maximum Gasteiger partial charge on any atom is 0.119 e. The summed E-state index contributed by atoms with van der Waals surface area (Å²) in [5.41, 5.74) is 0.518. The summed E-state index contributed by atoms with van der Waals surface area (Å²) < 4.78 is 5.32. The minimum Gasteiger partial charge on any atom is -0.489 e. The highest BCUT2D eigenvalue weighted by Crippen LogP contribution is 2.15. The van der Waals surface area contributed by atoms with E-state index in [1.165, 1.54) is 0 Å². The molecule has 0 aromatic heterocycles. The van der Waals surface area contributed by atoms with Crippen LogP contribution in [0.2, 0.25) is 5.02 Å². The fourth-order valence-electron chi connectivity index (χ4n) is 0.864. The zero-order valence-corrected chi connectivity index (χ0v) is 8.08. The highest BCUT2D eigenvalue weighted by molar-refractivity contribution is 6.36. The van der Waals surface area contributed by atoms with Gasteiger partial charge in [0.15, 0.2) is 0 Å². The van der Waals surface area contributed by atoms with Gasteiger partial charge in [0.1, 0.15) is 19.7 Å². The normalized spacial score (nSPS) is 12.5. The second-order valence-electron chi connectivity index (χ2n) is 2.79. The standard InChI is InChI=1S/C9H10BClO2/c1-6(5-12)13-9-4-7(11)2-3-8(9)10/h2-4,6,12H,5H2,1H3/t6-/m1/s1. The Kier molecular flexibility index (Phi) is 3.64. The van der Waals surface area contributed by atoms with Crippen molar-refractivity contribution in [2.75, 3.05) is 6.61 Å². The van der Waals surface area contributed by atoms with Crippen LogP contribution in [0.25, 0.3) is 0 Å². The van der Waals surface area contributed by atoms with Gasteiger partial charge in [-0.2, -0.15) is 0 Å². The van der Waals surface area contributed by atoms with Crippen molar-refractivity contribution in [1.82, 2.24) is 0 Å². The first-order valence-electron chi connectivity index (χ1n) is 3.96. The summed E-state index contributed by atoms with van der Waals surface area (Å²) in [5, 5.41) is 9.32. The third-order valence-electron chi connectivity index (χ3n) is 1.56. The van der Waals surface area contributed by atoms with E-state index in [-0.39, 0.29) is 12.7 Å². The van der Waals surface area contributed by atoms with Crippen LogP contribution < -0.4 is 10.2 Å². The smallest absolute Gasteiger partial charge is 0.119 e. The van der Waals surface area contributed by atoms with Gasteiger partial charge in [-0.1, -0.05) is 23.1 Å². The van der Waals surface area contributed by atoms with Crippen LogP contribution in [0.4, 0.5) is 0 Å². The van der Waals surface area contributed by atoms with Gasteiger partial charge in [-0.25, -0.2) is 0 Å². The number of hydrogen-bond acceptors (Lipinski definition) is 2. The molecule has 2 nitrogen and oxygen atoms in total. The van der Waals surface area contributed by atoms with Gasteiger partial charge >= 0.3 is 0 Å². The Hall–Kier alpha value is -0.665. The molecule has 0 aliphatic carbocycles. The third-order valence-corrected chi connectivity index (χ3v) is 1.80. The summed E-state index contributed by atoms with van der Waals surface area (Å²) in [4.78, 5) is 0. The second-order valence-corrected chi connectivity index (χ2v) is 3.23. The number of aliphatic hydroxyl groups excluding tert-OH is 1. The first-order chi connectivity index (χ1) is 6.13. The Morgan fingerprint density at radius 2 is 2.31 bits per heavy atom. The van der Waals surface area contributed by atoms with Gasteiger partial charge in [-0.3, -0.25) is 0 Å². The molecular weight excluding hydrogens is 186 g/mol. The lowest BCUT2D eigenvalue weighted by Gasteiger charge is -2.14. The fraction of sp³-hybridized carbons (Fsp3) is 0.333. The molecule has 0 aliphatic rings. The third kappa shape index (κ3) is 2.94. The van der Waals surface area contributed by atoms with Crippen LogP contribution >= 0.6 is 11.6 Å². The van der Waals surface area contributed by atoms with E-state index in [0.717, 1.165) is 0 Å². The van der Waals surface area contributed by atoms with Crippen LogP contribution in [-0.4, -0.2) is 25.7 Å². The zero-order valence-electron chi connectivity index (χ0n) is 7.33. The monoisotopic (exact) mass is 196 g/mol. The molecule has 0 aliphatic heterocycles. The molecule has 0 fully saturated rings. The fourth-order valence-corrected chi connectivity index (χ4v) is 1.03. The van der Waals surface area contributed by atoms with E-state index in [9.17, 15) is 0 Å². The minimum absolute atomic E-state index is 0.0496. The Balaban J connectivity index is 2.81. The summed E-state index contributed by atoms with van der Waals surface area (Å²) in [6.45, 7) is 1.70. The quantitative estimate of drug-likeness (QED) is 0.728. The summed E-state index contributed by atoms with van der Waals surface area (Å²) in [5.74, 6) is 0.508. The van der Waals surface area contributed by atoms with Crippen molar-refractivity contribution < 1.29 is 9.84 Å². The largest absolute Gasteiger partial charge is 0.489 e. The molecule has 0 unspecified atom stereocenters. The molecule has 13 heavy (non-hydrogen) atoms. The number of hydrogen-bond donors (Lipinski definition) is 1. The topological polar surface area (TPSA) is 29.5 Å². The van der Waals surface area contributed by atoms with Crippen LogP contribution in [0.1, 0.15) is 6.92 Å². The lowest BCUT2D eigenvalue weighted by molar-refractivity contribution is 0.131. The summed E-state index contributed by atoms with van der Waals surface area (Å²) in [6, 6.07) is 4.98. The Labute approximate surface area is 83.9 Å². The van der Waals surface area contributed by atoms with Crippen LogP contribution in [0.15, 0.2) is 18.2 Å². The SMILES string of the molecule is [B]c1ccc(Cl)cc1O[C@H](C)CO. The van der Waals surface area contributed by atoms with Crippen molar-refractivity contribution in [3.8, 4) is 5.75 Å². The second kappa shape index (κ2) is 4.54. The first-order valence-corrected chi connectivity index (χ1v) is 4.34. The van der Waals surface area contributed by atoms with E-state index in [1.54, 1.807) is 25.1 Å². The molecule has 0 bridgehead atoms. The van der Waals surface area contributed by atoms with Crippen LogP contribution in [0.5, 0.6) is 5.75 Å². The van der Waals surface area contributed by atoms with Crippen molar-refractivity contribution in [2.24, 2.45) is 0 Å². The zero-order chi connectivity index (χ0) is 9.84. The molecule has 68 valence electrons. The van der Waals surface area contributed by atoms with Crippen molar-refractivity contribution in [3.63, 3.8) is 0 Å². The summed E-state index contributed by atoms with van der Waals surface area (Å²) in [7, 11) is 5.63. The molecule has 0 amide bonds. The van der Waals surface area contributed by atoms with Crippen LogP contribution in [-0.2, 0) is 0 Å². The number of rotatable bonds is 3. The highest BCUT2D eigenvalue weighted by Gasteiger charge is 2.04. The van der Waals surface area contributed by atoms with Gasteiger partial charge in [-0.15, -0.1) is 0 Å². The average molecular weight is 196 g/mol. The van der Waals surface area contributed by atoms with E-state index >= 15 is 0 Å². The number of halogens is 1. The molecule has 1 aromatic carbocycles. The molecule has 1 aromatic rings. The lowest BCUT2D eigenvalue weighted by Crippen LogP contribution is -2.20. The lowest BCUT2D eigenvalue weighted by atomic mass is 9.95. The molecular formula is C9H10BClO2. The summed E-state index contributed by atoms with van der Waals surface area (Å²) in [6.07, 6.45) is -0.277. The van der Waals surface area contributed by atoms with Gasteiger partial charge in [-0.05, 0) is 19.1 Å². The summed E-state index contributed by atoms with van der Waals surface area (Å²) >= 11 is 5.75. The molecule has 1 N–H and O–H groups in total. The van der Waals surface area contributed by atoms with E-state index in [2.05, 4.69) is 0 Å². The van der Waals surface area contributed by atoms with E-state index < -0.39 is 0 Å². The molecule has 2 radical (unpaired) electrons. The van der Waals surface area contributed by atoms with Gasteiger partial charge < -0.3 is 9.84 Å². The molecule has 0 heterocycles. The Morgan fingerprint density at radius 1 is 1.62 bits per heavy atom. The molecule has 0 saturated heterocycles. The molecule has 0 saturated carbocycles. The highest BCUT2D eigenvalue weighted by atomic mass is 35.5. The van der Waals surface area contributed by atoms with Crippen molar-refractivity contribution in [3.05, 3.63) is 23.2 Å². The predicted molar refractivity (Wildman–Crippen MR) is 54.0 cm³/mol. The number of benzene rings is 1. The average Bonchev–Trinajstić information content (AvgIpc) is 2.11. The van der Waals surface area contributed by atoms with E-state index in [1.807, 2.05) is 0 Å². The Morgan fingerprint density at radius 3 is 2.92 bits per heavy atom. The van der Waals surface area contributed by atoms with Crippen LogP contribution in [0, 0.1) is 0 Å². The first kappa shape index (κ1) is 10.4. The van der Waals surface area contributed by atoms with E-state index in [4.69, 9.17) is 29.3 Å². The minimum atomic E-state index is -0.277. The predicted octanol–water partition coefficient (Wildman–Crippen LogP) is 0.893. The van der Waals surface area contributed by atoms with Gasteiger partial charge in [0, 0.05) is 5.02 Å². The van der Waals surface area contributed by atoms with Gasteiger partial charge in [0.25, 0.3) is 0 Å². The number of aliphatic hydroxyl groups is 1. The van der Waals surface area contributed by atoms with Crippen molar-refractivity contribution >= 4 is 24.9 Å².